The Morgan fingerprint density at radius 1 is 0.826 bits per heavy atom. The predicted molar refractivity (Wildman–Crippen MR) is 102 cm³/mol. The van der Waals surface area contributed by atoms with Crippen molar-refractivity contribution in [1.29, 1.82) is 0 Å². The minimum Gasteiger partial charge on any atom is -0.316 e. The van der Waals surface area contributed by atoms with Crippen molar-refractivity contribution in [1.82, 2.24) is 5.32 Å². The van der Waals surface area contributed by atoms with E-state index in [0.717, 1.165) is 31.0 Å². The van der Waals surface area contributed by atoms with E-state index in [1.807, 2.05) is 0 Å². The summed E-state index contributed by atoms with van der Waals surface area (Å²) < 4.78 is 0. The Balaban J connectivity index is 0.00000156. The van der Waals surface area contributed by atoms with Crippen LogP contribution >= 0.6 is 24.0 Å². The number of hydrogen-bond acceptors (Lipinski definition) is 1. The molecule has 1 aliphatic heterocycles. The highest BCUT2D eigenvalue weighted by molar-refractivity contribution is 6.34. The summed E-state index contributed by atoms with van der Waals surface area (Å²) in [7, 11) is 0. The lowest BCUT2D eigenvalue weighted by Gasteiger charge is -2.16. The second-order valence-corrected chi connectivity index (χ2v) is 6.24. The van der Waals surface area contributed by atoms with Crippen molar-refractivity contribution in [2.45, 2.75) is 12.8 Å². The van der Waals surface area contributed by atoms with Crippen LogP contribution in [0.1, 0.15) is 11.1 Å². The Bertz CT molecular complexity index is 837. The Morgan fingerprint density at radius 2 is 1.61 bits per heavy atom. The Labute approximate surface area is 148 Å². The molecule has 118 valence electrons. The van der Waals surface area contributed by atoms with E-state index in [-0.39, 0.29) is 12.4 Å². The number of nitrogens with one attached hydrogen (secondary N) is 1. The first-order chi connectivity index (χ1) is 10.8. The maximum atomic E-state index is 6.63. The summed E-state index contributed by atoms with van der Waals surface area (Å²) in [6, 6.07) is 19.3. The van der Waals surface area contributed by atoms with Crippen molar-refractivity contribution in [3.05, 3.63) is 70.7 Å². The van der Waals surface area contributed by atoms with Gasteiger partial charge < -0.3 is 5.32 Å². The molecule has 1 heterocycles. The second-order valence-electron chi connectivity index (χ2n) is 5.84. The molecule has 0 saturated carbocycles. The van der Waals surface area contributed by atoms with Gasteiger partial charge in [-0.25, -0.2) is 0 Å². The fourth-order valence-electron chi connectivity index (χ4n) is 3.48. The van der Waals surface area contributed by atoms with Crippen LogP contribution in [0.4, 0.5) is 0 Å². The number of hydrogen-bond donors (Lipinski definition) is 1. The summed E-state index contributed by atoms with van der Waals surface area (Å²) in [6.07, 6.45) is 2.11. The molecule has 3 heteroatoms. The zero-order valence-corrected chi connectivity index (χ0v) is 14.4. The highest BCUT2D eigenvalue weighted by atomic mass is 35.5. The van der Waals surface area contributed by atoms with Crippen LogP contribution in [-0.2, 0) is 12.8 Å². The molecule has 0 radical (unpaired) electrons. The van der Waals surface area contributed by atoms with Crippen LogP contribution in [0.3, 0.4) is 0 Å². The third-order valence-corrected chi connectivity index (χ3v) is 4.86. The van der Waals surface area contributed by atoms with Crippen LogP contribution in [0.25, 0.3) is 21.9 Å². The molecule has 0 saturated heterocycles. The third kappa shape index (κ3) is 2.97. The lowest BCUT2D eigenvalue weighted by atomic mass is 9.90. The van der Waals surface area contributed by atoms with Crippen molar-refractivity contribution in [3.63, 3.8) is 0 Å². The molecule has 3 aromatic carbocycles. The highest BCUT2D eigenvalue weighted by Crippen LogP contribution is 2.38. The molecule has 1 N–H and O–H groups in total. The zero-order valence-electron chi connectivity index (χ0n) is 12.8. The van der Waals surface area contributed by atoms with Gasteiger partial charge in [0.25, 0.3) is 0 Å². The van der Waals surface area contributed by atoms with E-state index >= 15 is 0 Å². The molecule has 0 amide bonds. The molecule has 0 atom stereocenters. The fraction of sp³-hybridized carbons (Fsp3) is 0.200. The van der Waals surface area contributed by atoms with Gasteiger partial charge in [-0.05, 0) is 59.5 Å². The van der Waals surface area contributed by atoms with Crippen molar-refractivity contribution >= 4 is 34.8 Å². The van der Waals surface area contributed by atoms with E-state index in [0.29, 0.717) is 0 Å². The summed E-state index contributed by atoms with van der Waals surface area (Å²) in [5.41, 5.74) is 5.31. The van der Waals surface area contributed by atoms with Crippen LogP contribution in [0.15, 0.2) is 54.6 Å². The van der Waals surface area contributed by atoms with E-state index in [9.17, 15) is 0 Å². The lowest BCUT2D eigenvalue weighted by molar-refractivity contribution is 0.711. The normalized spacial score (nSPS) is 14.0. The average Bonchev–Trinajstić information content (AvgIpc) is 2.80. The van der Waals surface area contributed by atoms with Crippen LogP contribution in [0.2, 0.25) is 5.02 Å². The van der Waals surface area contributed by atoms with E-state index in [2.05, 4.69) is 59.9 Å². The number of rotatable bonds is 1. The zero-order chi connectivity index (χ0) is 14.9. The molecule has 23 heavy (non-hydrogen) atoms. The molecule has 1 nitrogen and oxygen atoms in total. The molecular formula is C20H19Cl2N. The first-order valence-electron chi connectivity index (χ1n) is 7.84. The van der Waals surface area contributed by atoms with Gasteiger partial charge in [0.2, 0.25) is 0 Å². The van der Waals surface area contributed by atoms with Gasteiger partial charge >= 0.3 is 0 Å². The fourth-order valence-corrected chi connectivity index (χ4v) is 3.76. The van der Waals surface area contributed by atoms with Crippen molar-refractivity contribution < 1.29 is 0 Å². The van der Waals surface area contributed by atoms with E-state index < -0.39 is 0 Å². The van der Waals surface area contributed by atoms with Gasteiger partial charge in [0.15, 0.2) is 0 Å². The third-order valence-electron chi connectivity index (χ3n) is 4.54. The van der Waals surface area contributed by atoms with Crippen LogP contribution in [0.5, 0.6) is 0 Å². The van der Waals surface area contributed by atoms with Gasteiger partial charge in [-0.2, -0.15) is 0 Å². The second kappa shape index (κ2) is 6.92. The monoisotopic (exact) mass is 343 g/mol. The molecule has 0 fully saturated rings. The molecule has 0 spiro atoms. The minimum atomic E-state index is 0. The first-order valence-corrected chi connectivity index (χ1v) is 8.21. The summed E-state index contributed by atoms with van der Waals surface area (Å²) in [6.45, 7) is 2.06. The molecule has 1 aliphatic rings. The van der Waals surface area contributed by atoms with E-state index in [1.165, 1.54) is 33.0 Å². The smallest absolute Gasteiger partial charge is 0.0487 e. The first kappa shape index (κ1) is 16.3. The summed E-state index contributed by atoms with van der Waals surface area (Å²) in [4.78, 5) is 0. The average molecular weight is 344 g/mol. The molecule has 3 aromatic rings. The quantitative estimate of drug-likeness (QED) is 0.634. The number of fused-ring (bicyclic) bond motifs is 2. The van der Waals surface area contributed by atoms with Crippen LogP contribution < -0.4 is 5.32 Å². The predicted octanol–water partition coefficient (Wildman–Crippen LogP) is 5.27. The van der Waals surface area contributed by atoms with Crippen molar-refractivity contribution in [2.75, 3.05) is 13.1 Å². The largest absolute Gasteiger partial charge is 0.316 e. The SMILES string of the molecule is Cl.Clc1ccc2c(c1-c1cccc3ccccc13)CCNCC2. The Morgan fingerprint density at radius 3 is 2.52 bits per heavy atom. The summed E-state index contributed by atoms with van der Waals surface area (Å²) in [5, 5.41) is 6.88. The molecule has 0 aliphatic carbocycles. The Kier molecular flexibility index (Phi) is 4.91. The van der Waals surface area contributed by atoms with Crippen molar-refractivity contribution in [3.8, 4) is 11.1 Å². The minimum absolute atomic E-state index is 0. The lowest BCUT2D eigenvalue weighted by Crippen LogP contribution is -2.16. The summed E-state index contributed by atoms with van der Waals surface area (Å²) >= 11 is 6.63. The molecule has 0 bridgehead atoms. The van der Waals surface area contributed by atoms with E-state index in [4.69, 9.17) is 11.6 Å². The maximum Gasteiger partial charge on any atom is 0.0487 e. The maximum absolute atomic E-state index is 6.63. The van der Waals surface area contributed by atoms with Gasteiger partial charge in [-0.15, -0.1) is 12.4 Å². The highest BCUT2D eigenvalue weighted by Gasteiger charge is 2.17. The van der Waals surface area contributed by atoms with Gasteiger partial charge in [0.1, 0.15) is 0 Å². The van der Waals surface area contributed by atoms with Crippen LogP contribution in [0, 0.1) is 0 Å². The van der Waals surface area contributed by atoms with Crippen molar-refractivity contribution in [2.24, 2.45) is 0 Å². The number of halogens is 2. The van der Waals surface area contributed by atoms with Gasteiger partial charge in [-0.1, -0.05) is 60.1 Å². The molecule has 4 rings (SSSR count). The van der Waals surface area contributed by atoms with Gasteiger partial charge in [0.05, 0.1) is 0 Å². The van der Waals surface area contributed by atoms with Gasteiger partial charge in [0, 0.05) is 10.6 Å². The van der Waals surface area contributed by atoms with E-state index in [1.54, 1.807) is 0 Å². The Hall–Kier alpha value is -1.54. The molecule has 0 unspecified atom stereocenters. The van der Waals surface area contributed by atoms with Crippen LogP contribution in [-0.4, -0.2) is 13.1 Å². The molecule has 0 aromatic heterocycles. The topological polar surface area (TPSA) is 12.0 Å². The molecular weight excluding hydrogens is 325 g/mol. The standard InChI is InChI=1S/C20H18ClN.ClH/c21-19-9-8-15-10-12-22-13-11-17(15)20(19)18-7-3-5-14-4-1-2-6-16(14)18;/h1-9,22H,10-13H2;1H. The van der Waals surface area contributed by atoms with Gasteiger partial charge in [-0.3, -0.25) is 0 Å². The number of benzene rings is 3. The summed E-state index contributed by atoms with van der Waals surface area (Å²) in [5.74, 6) is 0.